The third-order valence-corrected chi connectivity index (χ3v) is 5.43. The fourth-order valence-corrected chi connectivity index (χ4v) is 3.96. The van der Waals surface area contributed by atoms with Crippen molar-refractivity contribution in [1.29, 1.82) is 0 Å². The Hall–Kier alpha value is -2.32. The lowest BCUT2D eigenvalue weighted by Gasteiger charge is -2.34. The van der Waals surface area contributed by atoms with Crippen LogP contribution in [-0.2, 0) is 16.0 Å². The Morgan fingerprint density at radius 2 is 1.96 bits per heavy atom. The van der Waals surface area contributed by atoms with Crippen molar-refractivity contribution in [2.75, 3.05) is 26.3 Å². The van der Waals surface area contributed by atoms with E-state index in [1.807, 2.05) is 31.2 Å². The van der Waals surface area contributed by atoms with Gasteiger partial charge in [0.1, 0.15) is 0 Å². The number of hydrogen-bond acceptors (Lipinski definition) is 6. The number of benzene rings is 1. The maximum Gasteiger partial charge on any atom is 0.224 e. The van der Waals surface area contributed by atoms with Crippen LogP contribution in [0, 0.1) is 6.92 Å². The van der Waals surface area contributed by atoms with E-state index in [2.05, 4.69) is 25.7 Å². The number of hydrogen-bond donors (Lipinski definition) is 1. The molecule has 2 aliphatic heterocycles. The summed E-state index contributed by atoms with van der Waals surface area (Å²) in [5.41, 5.74) is 1.85. The molecule has 0 spiro atoms. The van der Waals surface area contributed by atoms with E-state index >= 15 is 0 Å². The number of piperidine rings is 1. The van der Waals surface area contributed by atoms with E-state index in [0.717, 1.165) is 30.2 Å². The van der Waals surface area contributed by atoms with Crippen molar-refractivity contribution in [3.05, 3.63) is 35.7 Å². The quantitative estimate of drug-likeness (QED) is 0.841. The van der Waals surface area contributed by atoms with E-state index in [9.17, 15) is 4.79 Å². The summed E-state index contributed by atoms with van der Waals surface area (Å²) in [4.78, 5) is 15.0. The summed E-state index contributed by atoms with van der Waals surface area (Å²) in [6, 6.07) is 8.15. The molecular weight excluding hydrogens is 344 g/mol. The van der Waals surface area contributed by atoms with E-state index in [1.54, 1.807) is 4.68 Å². The molecule has 0 bridgehead atoms. The highest BCUT2D eigenvalue weighted by molar-refractivity contribution is 5.79. The predicted octanol–water partition coefficient (Wildman–Crippen LogP) is 0.883. The Kier molecular flexibility index (Phi) is 5.45. The van der Waals surface area contributed by atoms with Crippen molar-refractivity contribution in [1.82, 2.24) is 30.4 Å². The molecule has 1 aromatic heterocycles. The monoisotopic (exact) mass is 370 g/mol. The Morgan fingerprint density at radius 3 is 2.67 bits per heavy atom. The molecule has 3 heterocycles. The zero-order valence-electron chi connectivity index (χ0n) is 15.7. The molecule has 0 saturated carbocycles. The number of amides is 1. The van der Waals surface area contributed by atoms with Gasteiger partial charge in [0.15, 0.2) is 5.82 Å². The summed E-state index contributed by atoms with van der Waals surface area (Å²) < 4.78 is 7.33. The second-order valence-corrected chi connectivity index (χ2v) is 7.36. The molecule has 8 nitrogen and oxygen atoms in total. The molecule has 1 aromatic carbocycles. The molecule has 2 aromatic rings. The number of nitrogens with one attached hydrogen (secondary N) is 1. The first-order valence-electron chi connectivity index (χ1n) is 9.66. The van der Waals surface area contributed by atoms with Crippen LogP contribution in [0.5, 0.6) is 0 Å². The molecule has 0 unspecified atom stereocenters. The van der Waals surface area contributed by atoms with Gasteiger partial charge in [0.2, 0.25) is 5.91 Å². The summed E-state index contributed by atoms with van der Waals surface area (Å²) in [5.74, 6) is 0.768. The van der Waals surface area contributed by atoms with Crippen LogP contribution < -0.4 is 5.32 Å². The molecule has 0 aliphatic carbocycles. The topological polar surface area (TPSA) is 85.2 Å². The molecule has 2 fully saturated rings. The molecular formula is C19H26N6O2. The highest BCUT2D eigenvalue weighted by atomic mass is 16.5. The van der Waals surface area contributed by atoms with E-state index < -0.39 is 0 Å². The molecule has 27 heavy (non-hydrogen) atoms. The van der Waals surface area contributed by atoms with Crippen molar-refractivity contribution >= 4 is 5.91 Å². The van der Waals surface area contributed by atoms with Crippen molar-refractivity contribution in [2.24, 2.45) is 0 Å². The Balaban J connectivity index is 1.34. The summed E-state index contributed by atoms with van der Waals surface area (Å²) in [6.45, 7) is 5.38. The lowest BCUT2D eigenvalue weighted by atomic mass is 10.0. The average Bonchev–Trinajstić information content (AvgIpc) is 3.32. The maximum atomic E-state index is 12.5. The van der Waals surface area contributed by atoms with Crippen LogP contribution in [0.2, 0.25) is 0 Å². The Labute approximate surface area is 158 Å². The van der Waals surface area contributed by atoms with Gasteiger partial charge in [0.25, 0.3) is 0 Å². The Morgan fingerprint density at radius 1 is 1.19 bits per heavy atom. The SMILES string of the molecule is Cc1nnnn1-c1ccc(CC(=O)N[C@@H]2COC[C@H]2N2CCCCC2)cc1. The van der Waals surface area contributed by atoms with Crippen molar-refractivity contribution in [3.8, 4) is 5.69 Å². The van der Waals surface area contributed by atoms with E-state index in [4.69, 9.17) is 4.74 Å². The van der Waals surface area contributed by atoms with Crippen molar-refractivity contribution in [3.63, 3.8) is 0 Å². The van der Waals surface area contributed by atoms with Gasteiger partial charge in [-0.05, 0) is 61.0 Å². The van der Waals surface area contributed by atoms with Gasteiger partial charge >= 0.3 is 0 Å². The zero-order chi connectivity index (χ0) is 18.6. The third kappa shape index (κ3) is 4.17. The minimum Gasteiger partial charge on any atom is -0.378 e. The second kappa shape index (κ2) is 8.14. The lowest BCUT2D eigenvalue weighted by molar-refractivity contribution is -0.121. The predicted molar refractivity (Wildman–Crippen MR) is 99.6 cm³/mol. The van der Waals surface area contributed by atoms with E-state index in [0.29, 0.717) is 25.7 Å². The average molecular weight is 370 g/mol. The molecule has 2 aliphatic rings. The summed E-state index contributed by atoms with van der Waals surface area (Å²) in [7, 11) is 0. The van der Waals surface area contributed by atoms with Gasteiger partial charge < -0.3 is 10.1 Å². The van der Waals surface area contributed by atoms with Gasteiger partial charge in [-0.25, -0.2) is 0 Å². The fraction of sp³-hybridized carbons (Fsp3) is 0.579. The van der Waals surface area contributed by atoms with Crippen LogP contribution in [0.25, 0.3) is 5.69 Å². The van der Waals surface area contributed by atoms with E-state index in [-0.39, 0.29) is 11.9 Å². The largest absolute Gasteiger partial charge is 0.378 e. The van der Waals surface area contributed by atoms with Gasteiger partial charge in [-0.15, -0.1) is 5.10 Å². The number of tetrazole rings is 1. The number of nitrogens with zero attached hydrogens (tertiary/aromatic N) is 5. The van der Waals surface area contributed by atoms with Crippen molar-refractivity contribution < 1.29 is 9.53 Å². The molecule has 1 amide bonds. The first-order valence-corrected chi connectivity index (χ1v) is 9.66. The number of carbonyl (C=O) groups is 1. The molecule has 2 saturated heterocycles. The van der Waals surface area contributed by atoms with Crippen LogP contribution in [0.3, 0.4) is 0 Å². The second-order valence-electron chi connectivity index (χ2n) is 7.36. The van der Waals surface area contributed by atoms with Crippen LogP contribution in [0.1, 0.15) is 30.7 Å². The smallest absolute Gasteiger partial charge is 0.224 e. The highest BCUT2D eigenvalue weighted by Crippen LogP contribution is 2.19. The van der Waals surface area contributed by atoms with Gasteiger partial charge in [-0.2, -0.15) is 4.68 Å². The molecule has 144 valence electrons. The van der Waals surface area contributed by atoms with Crippen LogP contribution in [-0.4, -0.2) is 69.4 Å². The minimum absolute atomic E-state index is 0.0406. The normalized spacial score (nSPS) is 23.4. The molecule has 8 heteroatoms. The number of ether oxygens (including phenoxy) is 1. The third-order valence-electron chi connectivity index (χ3n) is 5.43. The summed E-state index contributed by atoms with van der Waals surface area (Å²) >= 11 is 0. The molecule has 4 rings (SSSR count). The molecule has 1 N–H and O–H groups in total. The van der Waals surface area contributed by atoms with Crippen LogP contribution >= 0.6 is 0 Å². The van der Waals surface area contributed by atoms with Gasteiger partial charge in [-0.1, -0.05) is 18.6 Å². The first-order chi connectivity index (χ1) is 13.2. The number of likely N-dealkylation sites (tertiary alicyclic amines) is 1. The Bertz CT molecular complexity index is 769. The summed E-state index contributed by atoms with van der Waals surface area (Å²) in [5, 5.41) is 14.7. The van der Waals surface area contributed by atoms with Crippen molar-refractivity contribution in [2.45, 2.75) is 44.7 Å². The minimum atomic E-state index is 0.0406. The lowest BCUT2D eigenvalue weighted by Crippen LogP contribution is -2.52. The number of rotatable bonds is 5. The standard InChI is InChI=1S/C19H26N6O2/c1-14-21-22-23-25(14)16-7-5-15(6-8-16)11-19(26)20-17-12-27-13-18(17)24-9-3-2-4-10-24/h5-8,17-18H,2-4,9-13H2,1H3,(H,20,26)/t17-,18-/m1/s1. The van der Waals surface area contributed by atoms with Gasteiger partial charge in [0, 0.05) is 0 Å². The highest BCUT2D eigenvalue weighted by Gasteiger charge is 2.34. The van der Waals surface area contributed by atoms with Crippen LogP contribution in [0.15, 0.2) is 24.3 Å². The number of carbonyl (C=O) groups excluding carboxylic acids is 1. The maximum absolute atomic E-state index is 12.5. The first kappa shape index (κ1) is 18.1. The van der Waals surface area contributed by atoms with Gasteiger partial charge in [0.05, 0.1) is 37.4 Å². The van der Waals surface area contributed by atoms with E-state index in [1.165, 1.54) is 19.3 Å². The fourth-order valence-electron chi connectivity index (χ4n) is 3.96. The van der Waals surface area contributed by atoms with Gasteiger partial charge in [-0.3, -0.25) is 9.69 Å². The summed E-state index contributed by atoms with van der Waals surface area (Å²) in [6.07, 6.45) is 4.15. The molecule has 0 radical (unpaired) electrons. The number of aromatic nitrogens is 4. The van der Waals surface area contributed by atoms with Crippen LogP contribution in [0.4, 0.5) is 0 Å². The zero-order valence-corrected chi connectivity index (χ0v) is 15.7. The molecule has 2 atom stereocenters. The number of aryl methyl sites for hydroxylation is 1.